The van der Waals surface area contributed by atoms with Crippen LogP contribution in [0.25, 0.3) is 0 Å². The Morgan fingerprint density at radius 1 is 1.32 bits per heavy atom. The molecule has 0 saturated carbocycles. The molecule has 1 aliphatic rings. The molecule has 1 saturated heterocycles. The van der Waals surface area contributed by atoms with Crippen LogP contribution >= 0.6 is 12.4 Å². The lowest BCUT2D eigenvalue weighted by Gasteiger charge is -2.44. The van der Waals surface area contributed by atoms with Gasteiger partial charge in [0, 0.05) is 18.6 Å². The van der Waals surface area contributed by atoms with E-state index >= 15 is 0 Å². The third-order valence-corrected chi connectivity index (χ3v) is 4.92. The Balaban J connectivity index is 0.00000441. The Morgan fingerprint density at radius 2 is 1.95 bits per heavy atom. The molecule has 1 aliphatic heterocycles. The number of carbonyl (C=O) groups excluding carboxylic acids is 1. The maximum absolute atomic E-state index is 12.3. The average Bonchev–Trinajstić information content (AvgIpc) is 2.44. The van der Waals surface area contributed by atoms with Crippen molar-refractivity contribution in [1.82, 2.24) is 10.2 Å². The van der Waals surface area contributed by atoms with E-state index in [0.717, 1.165) is 31.8 Å². The van der Waals surface area contributed by atoms with Gasteiger partial charge >= 0.3 is 0 Å². The van der Waals surface area contributed by atoms with E-state index in [9.17, 15) is 4.79 Å². The topological polar surface area (TPSA) is 58.4 Å². The van der Waals surface area contributed by atoms with Crippen LogP contribution in [-0.4, -0.2) is 41.5 Å². The standard InChI is InChI=1S/C17H35N3O.ClH/c1-6-10-17(5,18)15(21)19-13-16(3,4)20-11-8-9-14(7-2)12-20;/h14H,6-13,18H2,1-5H3,(H,19,21);1H. The Kier molecular flexibility index (Phi) is 8.96. The fraction of sp³-hybridized carbons (Fsp3) is 0.941. The molecular formula is C17H36ClN3O. The lowest BCUT2D eigenvalue weighted by molar-refractivity contribution is -0.126. The van der Waals surface area contributed by atoms with Gasteiger partial charge in [0.15, 0.2) is 0 Å². The predicted molar refractivity (Wildman–Crippen MR) is 96.4 cm³/mol. The van der Waals surface area contributed by atoms with Crippen molar-refractivity contribution in [2.75, 3.05) is 19.6 Å². The molecule has 0 bridgehead atoms. The molecule has 0 aromatic carbocycles. The maximum atomic E-state index is 12.3. The minimum absolute atomic E-state index is 0. The summed E-state index contributed by atoms with van der Waals surface area (Å²) in [6.45, 7) is 13.5. The fourth-order valence-corrected chi connectivity index (χ4v) is 3.19. The molecule has 2 unspecified atom stereocenters. The summed E-state index contributed by atoms with van der Waals surface area (Å²) in [7, 11) is 0. The van der Waals surface area contributed by atoms with Crippen LogP contribution in [0, 0.1) is 5.92 Å². The number of carbonyl (C=O) groups is 1. The highest BCUT2D eigenvalue weighted by Crippen LogP contribution is 2.25. The Hall–Kier alpha value is -0.320. The van der Waals surface area contributed by atoms with Gasteiger partial charge in [0.05, 0.1) is 5.54 Å². The third-order valence-electron chi connectivity index (χ3n) is 4.92. The summed E-state index contributed by atoms with van der Waals surface area (Å²) in [6.07, 6.45) is 5.50. The van der Waals surface area contributed by atoms with Crippen LogP contribution in [0.1, 0.15) is 66.7 Å². The van der Waals surface area contributed by atoms with E-state index in [1.165, 1.54) is 19.3 Å². The van der Waals surface area contributed by atoms with Gasteiger partial charge in [-0.15, -0.1) is 12.4 Å². The summed E-state index contributed by atoms with van der Waals surface area (Å²) in [5.74, 6) is 0.773. The van der Waals surface area contributed by atoms with E-state index in [4.69, 9.17) is 5.73 Å². The van der Waals surface area contributed by atoms with E-state index in [1.54, 1.807) is 0 Å². The molecule has 132 valence electrons. The number of nitrogens with zero attached hydrogens (tertiary/aromatic N) is 1. The van der Waals surface area contributed by atoms with E-state index in [0.29, 0.717) is 6.54 Å². The molecule has 0 radical (unpaired) electrons. The Labute approximate surface area is 143 Å². The molecular weight excluding hydrogens is 298 g/mol. The summed E-state index contributed by atoms with van der Waals surface area (Å²) >= 11 is 0. The van der Waals surface area contributed by atoms with Crippen LogP contribution in [0.4, 0.5) is 0 Å². The fourth-order valence-electron chi connectivity index (χ4n) is 3.19. The number of hydrogen-bond acceptors (Lipinski definition) is 3. The summed E-state index contributed by atoms with van der Waals surface area (Å²) in [4.78, 5) is 14.8. The number of halogens is 1. The third kappa shape index (κ3) is 6.05. The van der Waals surface area contributed by atoms with Gasteiger partial charge in [-0.2, -0.15) is 0 Å². The lowest BCUT2D eigenvalue weighted by atomic mass is 9.90. The number of hydrogen-bond donors (Lipinski definition) is 2. The number of rotatable bonds is 7. The van der Waals surface area contributed by atoms with Gasteiger partial charge in [-0.3, -0.25) is 9.69 Å². The summed E-state index contributed by atoms with van der Waals surface area (Å²) in [5, 5.41) is 3.07. The van der Waals surface area contributed by atoms with Gasteiger partial charge in [0.1, 0.15) is 0 Å². The second-order valence-corrected chi connectivity index (χ2v) is 7.53. The van der Waals surface area contributed by atoms with Crippen LogP contribution < -0.4 is 11.1 Å². The van der Waals surface area contributed by atoms with Crippen molar-refractivity contribution in [1.29, 1.82) is 0 Å². The molecule has 1 fully saturated rings. The van der Waals surface area contributed by atoms with Gasteiger partial charge in [-0.25, -0.2) is 0 Å². The highest BCUT2D eigenvalue weighted by Gasteiger charge is 2.33. The van der Waals surface area contributed by atoms with Gasteiger partial charge in [0.25, 0.3) is 0 Å². The summed E-state index contributed by atoms with van der Waals surface area (Å²) < 4.78 is 0. The van der Waals surface area contributed by atoms with Crippen LogP contribution in [-0.2, 0) is 4.79 Å². The minimum atomic E-state index is -0.751. The van der Waals surface area contributed by atoms with E-state index in [-0.39, 0.29) is 23.9 Å². The monoisotopic (exact) mass is 333 g/mol. The number of likely N-dealkylation sites (tertiary alicyclic amines) is 1. The van der Waals surface area contributed by atoms with Crippen molar-refractivity contribution in [3.8, 4) is 0 Å². The van der Waals surface area contributed by atoms with Crippen LogP contribution in [0.2, 0.25) is 0 Å². The predicted octanol–water partition coefficient (Wildman–Crippen LogP) is 2.94. The van der Waals surface area contributed by atoms with E-state index in [2.05, 4.69) is 37.9 Å². The van der Waals surface area contributed by atoms with Crippen LogP contribution in [0.3, 0.4) is 0 Å². The van der Waals surface area contributed by atoms with Crippen molar-refractivity contribution in [3.63, 3.8) is 0 Å². The van der Waals surface area contributed by atoms with E-state index < -0.39 is 5.54 Å². The molecule has 2 atom stereocenters. The largest absolute Gasteiger partial charge is 0.353 e. The first-order valence-electron chi connectivity index (χ1n) is 8.55. The highest BCUT2D eigenvalue weighted by molar-refractivity contribution is 5.85. The number of piperidine rings is 1. The zero-order valence-electron chi connectivity index (χ0n) is 15.1. The zero-order valence-corrected chi connectivity index (χ0v) is 15.9. The smallest absolute Gasteiger partial charge is 0.239 e. The SMILES string of the molecule is CCCC(C)(N)C(=O)NCC(C)(C)N1CCCC(CC)C1.Cl. The number of amides is 1. The van der Waals surface area contributed by atoms with Crippen LogP contribution in [0.5, 0.6) is 0 Å². The average molecular weight is 334 g/mol. The maximum Gasteiger partial charge on any atom is 0.239 e. The molecule has 22 heavy (non-hydrogen) atoms. The van der Waals surface area contributed by atoms with Crippen LogP contribution in [0.15, 0.2) is 0 Å². The van der Waals surface area contributed by atoms with E-state index in [1.807, 2.05) is 6.92 Å². The number of nitrogens with one attached hydrogen (secondary N) is 1. The second kappa shape index (κ2) is 9.09. The van der Waals surface area contributed by atoms with Gasteiger partial charge in [-0.1, -0.05) is 26.7 Å². The van der Waals surface area contributed by atoms with Gasteiger partial charge in [-0.05, 0) is 52.5 Å². The van der Waals surface area contributed by atoms with Gasteiger partial charge < -0.3 is 11.1 Å². The lowest BCUT2D eigenvalue weighted by Crippen LogP contribution is -2.58. The molecule has 4 nitrogen and oxygen atoms in total. The molecule has 5 heteroatoms. The Morgan fingerprint density at radius 3 is 2.50 bits per heavy atom. The molecule has 1 amide bonds. The first-order chi connectivity index (χ1) is 9.73. The molecule has 0 aliphatic carbocycles. The molecule has 1 rings (SSSR count). The molecule has 0 aromatic rings. The van der Waals surface area contributed by atoms with Gasteiger partial charge in [0.2, 0.25) is 5.91 Å². The molecule has 1 heterocycles. The summed E-state index contributed by atoms with van der Waals surface area (Å²) in [6, 6.07) is 0. The molecule has 0 spiro atoms. The zero-order chi connectivity index (χ0) is 16.1. The molecule has 0 aromatic heterocycles. The van der Waals surface area contributed by atoms with Crippen molar-refractivity contribution in [2.24, 2.45) is 11.7 Å². The second-order valence-electron chi connectivity index (χ2n) is 7.53. The minimum Gasteiger partial charge on any atom is -0.353 e. The van der Waals surface area contributed by atoms with Crippen molar-refractivity contribution in [2.45, 2.75) is 77.8 Å². The van der Waals surface area contributed by atoms with Crippen molar-refractivity contribution < 1.29 is 4.79 Å². The first-order valence-corrected chi connectivity index (χ1v) is 8.55. The summed E-state index contributed by atoms with van der Waals surface area (Å²) in [5.41, 5.74) is 5.34. The molecule has 3 N–H and O–H groups in total. The quantitative estimate of drug-likeness (QED) is 0.753. The Bertz CT molecular complexity index is 345. The van der Waals surface area contributed by atoms with Crippen molar-refractivity contribution >= 4 is 18.3 Å². The highest BCUT2D eigenvalue weighted by atomic mass is 35.5. The normalized spacial score (nSPS) is 22.5. The van der Waals surface area contributed by atoms with Crippen molar-refractivity contribution in [3.05, 3.63) is 0 Å². The number of nitrogens with two attached hydrogens (primary N) is 1. The first kappa shape index (κ1) is 21.7.